The Labute approximate surface area is 129 Å². The van der Waals surface area contributed by atoms with Crippen LogP contribution in [0.1, 0.15) is 15.2 Å². The lowest BCUT2D eigenvalue weighted by Crippen LogP contribution is -2.00. The Hall–Kier alpha value is -1.62. The minimum Gasteiger partial charge on any atom is -0.345 e. The molecule has 2 heterocycles. The van der Waals surface area contributed by atoms with Crippen LogP contribution in [0.5, 0.6) is 0 Å². The largest absolute Gasteiger partial charge is 0.345 e. The number of hydrogen-bond donors (Lipinski definition) is 1. The summed E-state index contributed by atoms with van der Waals surface area (Å²) in [7, 11) is 0. The summed E-state index contributed by atoms with van der Waals surface area (Å²) in [4.78, 5) is 20.4. The van der Waals surface area contributed by atoms with Crippen molar-refractivity contribution in [3.8, 4) is 11.4 Å². The molecule has 0 aliphatic rings. The fraction of sp³-hybridized carbons (Fsp3) is 0. The molecule has 3 aromatic rings. The first-order chi connectivity index (χ1) is 9.66. The average molecular weight is 323 g/mol. The number of nitrogens with one attached hydrogen (secondary N) is 1. The summed E-state index contributed by atoms with van der Waals surface area (Å²) in [5.74, 6) is 0.583. The van der Waals surface area contributed by atoms with Gasteiger partial charge in [0.25, 0.3) is 0 Å². The molecule has 6 heteroatoms. The van der Waals surface area contributed by atoms with Gasteiger partial charge in [-0.15, -0.1) is 11.3 Å². The molecule has 0 saturated carbocycles. The minimum atomic E-state index is -0.0926. The van der Waals surface area contributed by atoms with E-state index < -0.39 is 0 Å². The number of aromatic amines is 1. The van der Waals surface area contributed by atoms with E-state index >= 15 is 0 Å². The zero-order valence-electron chi connectivity index (χ0n) is 10.1. The topological polar surface area (TPSA) is 45.8 Å². The number of H-pyrrole nitrogens is 1. The summed E-state index contributed by atoms with van der Waals surface area (Å²) >= 11 is 13.2. The van der Waals surface area contributed by atoms with Crippen LogP contribution in [-0.2, 0) is 0 Å². The molecule has 1 N–H and O–H groups in total. The van der Waals surface area contributed by atoms with Crippen LogP contribution in [0.2, 0.25) is 10.0 Å². The second-order valence-corrected chi connectivity index (χ2v) is 5.79. The first kappa shape index (κ1) is 13.4. The Morgan fingerprint density at radius 2 is 2.05 bits per heavy atom. The number of ketones is 1. The molecule has 3 nitrogen and oxygen atoms in total. The Morgan fingerprint density at radius 3 is 2.75 bits per heavy atom. The number of nitrogens with zero attached hydrogens (tertiary/aromatic N) is 1. The van der Waals surface area contributed by atoms with Crippen LogP contribution >= 0.6 is 34.5 Å². The van der Waals surface area contributed by atoms with Crippen LogP contribution in [0.15, 0.2) is 42.0 Å². The lowest BCUT2D eigenvalue weighted by atomic mass is 10.1. The van der Waals surface area contributed by atoms with Gasteiger partial charge in [0, 0.05) is 23.5 Å². The van der Waals surface area contributed by atoms with E-state index in [1.54, 1.807) is 30.6 Å². The van der Waals surface area contributed by atoms with Gasteiger partial charge < -0.3 is 4.98 Å². The van der Waals surface area contributed by atoms with Crippen molar-refractivity contribution in [2.45, 2.75) is 0 Å². The number of hydrogen-bond acceptors (Lipinski definition) is 3. The molecule has 0 aliphatic carbocycles. The Kier molecular flexibility index (Phi) is 3.61. The number of rotatable bonds is 3. The predicted molar refractivity (Wildman–Crippen MR) is 81.8 cm³/mol. The van der Waals surface area contributed by atoms with E-state index in [1.165, 1.54) is 11.3 Å². The number of carbonyl (C=O) groups is 1. The van der Waals surface area contributed by atoms with E-state index in [1.807, 2.05) is 11.4 Å². The first-order valence-electron chi connectivity index (χ1n) is 5.74. The Morgan fingerprint density at radius 1 is 1.20 bits per heavy atom. The highest BCUT2D eigenvalue weighted by Crippen LogP contribution is 2.30. The minimum absolute atomic E-state index is 0.0926. The maximum absolute atomic E-state index is 12.6. The van der Waals surface area contributed by atoms with Gasteiger partial charge in [-0.2, -0.15) is 0 Å². The van der Waals surface area contributed by atoms with Crippen molar-refractivity contribution in [3.05, 3.63) is 62.5 Å². The third kappa shape index (κ3) is 2.38. The van der Waals surface area contributed by atoms with Gasteiger partial charge in [-0.1, -0.05) is 23.2 Å². The van der Waals surface area contributed by atoms with Crippen LogP contribution in [0.25, 0.3) is 11.4 Å². The number of aromatic nitrogens is 2. The molecular weight excluding hydrogens is 315 g/mol. The van der Waals surface area contributed by atoms with Gasteiger partial charge in [0.2, 0.25) is 5.78 Å². The van der Waals surface area contributed by atoms with Crippen LogP contribution in [0.4, 0.5) is 0 Å². The molecule has 100 valence electrons. The highest BCUT2D eigenvalue weighted by Gasteiger charge is 2.18. The van der Waals surface area contributed by atoms with Gasteiger partial charge in [-0.25, -0.2) is 4.98 Å². The zero-order valence-corrected chi connectivity index (χ0v) is 12.4. The fourth-order valence-corrected chi connectivity index (χ4v) is 3.01. The molecular formula is C14H8Cl2N2OS. The van der Waals surface area contributed by atoms with Crippen molar-refractivity contribution >= 4 is 40.3 Å². The monoisotopic (exact) mass is 322 g/mol. The number of halogens is 2. The standard InChI is InChI=1S/C14H8Cl2N2OS/c15-10-2-1-8(7-11(10)16)12(19)13-9(3-6-20-13)14-17-4-5-18-14/h1-7H,(H,17,18). The molecule has 1 aromatic carbocycles. The lowest BCUT2D eigenvalue weighted by Gasteiger charge is -2.03. The summed E-state index contributed by atoms with van der Waals surface area (Å²) < 4.78 is 0. The molecule has 2 aromatic heterocycles. The Balaban J connectivity index is 2.03. The van der Waals surface area contributed by atoms with Crippen molar-refractivity contribution in [1.82, 2.24) is 9.97 Å². The molecule has 3 rings (SSSR count). The predicted octanol–water partition coefficient (Wildman–Crippen LogP) is 4.68. The molecule has 20 heavy (non-hydrogen) atoms. The summed E-state index contributed by atoms with van der Waals surface area (Å²) in [5.41, 5.74) is 1.30. The fourth-order valence-electron chi connectivity index (χ4n) is 1.85. The highest BCUT2D eigenvalue weighted by atomic mass is 35.5. The van der Waals surface area contributed by atoms with Crippen molar-refractivity contribution in [2.24, 2.45) is 0 Å². The van der Waals surface area contributed by atoms with E-state index in [4.69, 9.17) is 23.2 Å². The van der Waals surface area contributed by atoms with Crippen LogP contribution < -0.4 is 0 Å². The summed E-state index contributed by atoms with van der Waals surface area (Å²) in [5, 5.41) is 2.66. The van der Waals surface area contributed by atoms with E-state index in [0.717, 1.165) is 5.56 Å². The normalized spacial score (nSPS) is 10.7. The molecule has 0 atom stereocenters. The molecule has 0 unspecified atom stereocenters. The van der Waals surface area contributed by atoms with Crippen molar-refractivity contribution in [3.63, 3.8) is 0 Å². The lowest BCUT2D eigenvalue weighted by molar-refractivity contribution is 0.104. The molecule has 0 aliphatic heterocycles. The number of imidazole rings is 1. The van der Waals surface area contributed by atoms with Crippen molar-refractivity contribution < 1.29 is 4.79 Å². The van der Waals surface area contributed by atoms with Gasteiger partial charge in [0.05, 0.1) is 14.9 Å². The average Bonchev–Trinajstić information content (AvgIpc) is 3.10. The van der Waals surface area contributed by atoms with Gasteiger partial charge >= 0.3 is 0 Å². The maximum Gasteiger partial charge on any atom is 0.203 e. The van der Waals surface area contributed by atoms with Crippen LogP contribution in [0, 0.1) is 0 Å². The summed E-state index contributed by atoms with van der Waals surface area (Å²) in [6.45, 7) is 0. The van der Waals surface area contributed by atoms with E-state index in [2.05, 4.69) is 9.97 Å². The third-order valence-corrected chi connectivity index (χ3v) is 4.46. The van der Waals surface area contributed by atoms with Gasteiger partial charge in [0.15, 0.2) is 0 Å². The molecule has 0 fully saturated rings. The van der Waals surface area contributed by atoms with E-state index in [9.17, 15) is 4.79 Å². The number of carbonyl (C=O) groups excluding carboxylic acids is 1. The second-order valence-electron chi connectivity index (χ2n) is 4.06. The third-order valence-electron chi connectivity index (χ3n) is 2.81. The molecule has 0 bridgehead atoms. The number of benzene rings is 1. The maximum atomic E-state index is 12.6. The second kappa shape index (κ2) is 5.40. The van der Waals surface area contributed by atoms with Gasteiger partial charge in [-0.05, 0) is 29.6 Å². The molecule has 0 saturated heterocycles. The van der Waals surface area contributed by atoms with Crippen molar-refractivity contribution in [2.75, 3.05) is 0 Å². The SMILES string of the molecule is O=C(c1ccc(Cl)c(Cl)c1)c1sccc1-c1ncc[nH]1. The summed E-state index contributed by atoms with van der Waals surface area (Å²) in [6.07, 6.45) is 3.38. The molecule has 0 radical (unpaired) electrons. The molecule has 0 spiro atoms. The van der Waals surface area contributed by atoms with Crippen LogP contribution in [-0.4, -0.2) is 15.8 Å². The van der Waals surface area contributed by atoms with Crippen LogP contribution in [0.3, 0.4) is 0 Å². The van der Waals surface area contributed by atoms with Gasteiger partial charge in [-0.3, -0.25) is 4.79 Å². The Bertz CT molecular complexity index is 765. The quantitative estimate of drug-likeness (QED) is 0.712. The summed E-state index contributed by atoms with van der Waals surface area (Å²) in [6, 6.07) is 6.74. The first-order valence-corrected chi connectivity index (χ1v) is 7.37. The van der Waals surface area contributed by atoms with Gasteiger partial charge in [0.1, 0.15) is 5.82 Å². The zero-order chi connectivity index (χ0) is 14.1. The van der Waals surface area contributed by atoms with E-state index in [0.29, 0.717) is 26.3 Å². The highest BCUT2D eigenvalue weighted by molar-refractivity contribution is 7.12. The number of thiophene rings is 1. The molecule has 0 amide bonds. The smallest absolute Gasteiger partial charge is 0.203 e. The van der Waals surface area contributed by atoms with E-state index in [-0.39, 0.29) is 5.78 Å². The van der Waals surface area contributed by atoms with Crippen molar-refractivity contribution in [1.29, 1.82) is 0 Å².